The van der Waals surface area contributed by atoms with E-state index in [4.69, 9.17) is 17.3 Å². The van der Waals surface area contributed by atoms with Gasteiger partial charge in [-0.3, -0.25) is 4.79 Å². The highest BCUT2D eigenvalue weighted by Gasteiger charge is 2.02. The summed E-state index contributed by atoms with van der Waals surface area (Å²) in [5, 5.41) is 5.28. The lowest BCUT2D eigenvalue weighted by molar-refractivity contribution is -0.116. The van der Waals surface area contributed by atoms with Crippen LogP contribution in [0.2, 0.25) is 0 Å². The lowest BCUT2D eigenvalue weighted by Gasteiger charge is -2.06. The highest BCUT2D eigenvalue weighted by molar-refractivity contribution is 6.17. The standard InChI is InChI=1S/C13H18ClN3O2/c14-9-10-4-6-11(7-5-10)17-12(18)3-1-2-8-16-13(15)19/h4-7H,1-3,8-9H2,(H,17,18)(H3,15,16,19). The van der Waals surface area contributed by atoms with Crippen LogP contribution in [0.15, 0.2) is 24.3 Å². The number of rotatable bonds is 7. The molecule has 1 rings (SSSR count). The summed E-state index contributed by atoms with van der Waals surface area (Å²) >= 11 is 5.68. The second kappa shape index (κ2) is 8.37. The fourth-order valence-corrected chi connectivity index (χ4v) is 1.70. The van der Waals surface area contributed by atoms with Gasteiger partial charge in [0.1, 0.15) is 0 Å². The molecule has 6 heteroatoms. The number of alkyl halides is 1. The Morgan fingerprint density at radius 1 is 1.16 bits per heavy atom. The van der Waals surface area contributed by atoms with E-state index in [9.17, 15) is 9.59 Å². The number of primary amides is 1. The Morgan fingerprint density at radius 3 is 2.42 bits per heavy atom. The number of carbonyl (C=O) groups is 2. The van der Waals surface area contributed by atoms with E-state index >= 15 is 0 Å². The van der Waals surface area contributed by atoms with Crippen molar-refractivity contribution in [2.75, 3.05) is 11.9 Å². The smallest absolute Gasteiger partial charge is 0.312 e. The monoisotopic (exact) mass is 283 g/mol. The molecule has 0 saturated carbocycles. The molecule has 19 heavy (non-hydrogen) atoms. The lowest BCUT2D eigenvalue weighted by atomic mass is 10.2. The number of amides is 3. The first kappa shape index (κ1) is 15.3. The molecule has 3 amide bonds. The Labute approximate surface area is 117 Å². The van der Waals surface area contributed by atoms with Crippen molar-refractivity contribution in [1.29, 1.82) is 0 Å². The zero-order valence-electron chi connectivity index (χ0n) is 10.6. The summed E-state index contributed by atoms with van der Waals surface area (Å²) < 4.78 is 0. The zero-order valence-corrected chi connectivity index (χ0v) is 11.4. The second-order valence-electron chi connectivity index (χ2n) is 4.13. The SMILES string of the molecule is NC(=O)NCCCCC(=O)Nc1ccc(CCl)cc1. The maximum atomic E-state index is 11.6. The molecule has 5 nitrogen and oxygen atoms in total. The van der Waals surface area contributed by atoms with E-state index in [0.717, 1.165) is 17.7 Å². The Kier molecular flexibility index (Phi) is 6.74. The van der Waals surface area contributed by atoms with Gasteiger partial charge in [0.15, 0.2) is 0 Å². The molecule has 1 aromatic rings. The molecule has 0 atom stereocenters. The molecule has 0 unspecified atom stereocenters. The number of nitrogens with one attached hydrogen (secondary N) is 2. The molecule has 0 aliphatic carbocycles. The molecule has 104 valence electrons. The molecule has 0 saturated heterocycles. The fraction of sp³-hybridized carbons (Fsp3) is 0.385. The summed E-state index contributed by atoms with van der Waals surface area (Å²) in [6.07, 6.45) is 1.84. The third kappa shape index (κ3) is 6.67. The molecule has 0 heterocycles. The normalized spacial score (nSPS) is 9.95. The number of anilines is 1. The minimum absolute atomic E-state index is 0.0438. The predicted octanol–water partition coefficient (Wildman–Crippen LogP) is 2.20. The molecular formula is C13H18ClN3O2. The van der Waals surface area contributed by atoms with Gasteiger partial charge in [-0.05, 0) is 30.5 Å². The van der Waals surface area contributed by atoms with Gasteiger partial charge in [0.25, 0.3) is 0 Å². The zero-order chi connectivity index (χ0) is 14.1. The van der Waals surface area contributed by atoms with Crippen LogP contribution < -0.4 is 16.4 Å². The molecule has 1 aromatic carbocycles. The summed E-state index contributed by atoms with van der Waals surface area (Å²) in [6.45, 7) is 0.493. The van der Waals surface area contributed by atoms with Gasteiger partial charge in [0, 0.05) is 24.5 Å². The molecule has 0 radical (unpaired) electrons. The second-order valence-corrected chi connectivity index (χ2v) is 4.39. The number of nitrogens with two attached hydrogens (primary N) is 1. The van der Waals surface area contributed by atoms with Crippen molar-refractivity contribution in [2.45, 2.75) is 25.1 Å². The number of carbonyl (C=O) groups excluding carboxylic acids is 2. The largest absolute Gasteiger partial charge is 0.352 e. The summed E-state index contributed by atoms with van der Waals surface area (Å²) in [4.78, 5) is 22.0. The van der Waals surface area contributed by atoms with Crippen LogP contribution in [0.3, 0.4) is 0 Å². The van der Waals surface area contributed by atoms with Crippen molar-refractivity contribution in [3.8, 4) is 0 Å². The first-order chi connectivity index (χ1) is 9.11. The average molecular weight is 284 g/mol. The Bertz CT molecular complexity index is 420. The number of halogens is 1. The van der Waals surface area contributed by atoms with Crippen LogP contribution in [0.5, 0.6) is 0 Å². The topological polar surface area (TPSA) is 84.2 Å². The Morgan fingerprint density at radius 2 is 1.84 bits per heavy atom. The van der Waals surface area contributed by atoms with Crippen molar-refractivity contribution in [2.24, 2.45) is 5.73 Å². The molecule has 4 N–H and O–H groups in total. The van der Waals surface area contributed by atoms with E-state index in [-0.39, 0.29) is 5.91 Å². The molecule has 0 aliphatic rings. The van der Waals surface area contributed by atoms with E-state index in [1.807, 2.05) is 24.3 Å². The third-order valence-electron chi connectivity index (χ3n) is 2.52. The van der Waals surface area contributed by atoms with Crippen LogP contribution in [-0.2, 0) is 10.7 Å². The number of hydrogen-bond acceptors (Lipinski definition) is 2. The molecule has 0 spiro atoms. The fourth-order valence-electron chi connectivity index (χ4n) is 1.52. The van der Waals surface area contributed by atoms with Crippen LogP contribution >= 0.6 is 11.6 Å². The van der Waals surface area contributed by atoms with Crippen LogP contribution in [0, 0.1) is 0 Å². The number of unbranched alkanes of at least 4 members (excludes halogenated alkanes) is 1. The number of hydrogen-bond donors (Lipinski definition) is 3. The Balaban J connectivity index is 2.21. The van der Waals surface area contributed by atoms with Crippen LogP contribution in [-0.4, -0.2) is 18.5 Å². The minimum Gasteiger partial charge on any atom is -0.352 e. The molecule has 0 aliphatic heterocycles. The maximum absolute atomic E-state index is 11.6. The summed E-state index contributed by atoms with van der Waals surface area (Å²) in [6, 6.07) is 6.86. The number of benzene rings is 1. The van der Waals surface area contributed by atoms with Crippen molar-refractivity contribution in [3.63, 3.8) is 0 Å². The van der Waals surface area contributed by atoms with Gasteiger partial charge in [-0.15, -0.1) is 11.6 Å². The summed E-state index contributed by atoms with van der Waals surface area (Å²) in [5.74, 6) is 0.416. The van der Waals surface area contributed by atoms with Gasteiger partial charge in [-0.2, -0.15) is 0 Å². The van der Waals surface area contributed by atoms with Gasteiger partial charge in [0.2, 0.25) is 5.91 Å². The van der Waals surface area contributed by atoms with Crippen molar-refractivity contribution in [3.05, 3.63) is 29.8 Å². The van der Waals surface area contributed by atoms with Gasteiger partial charge < -0.3 is 16.4 Å². The minimum atomic E-state index is -0.538. The highest BCUT2D eigenvalue weighted by atomic mass is 35.5. The first-order valence-corrected chi connectivity index (χ1v) is 6.63. The van der Waals surface area contributed by atoms with Crippen LogP contribution in [0.1, 0.15) is 24.8 Å². The van der Waals surface area contributed by atoms with Gasteiger partial charge in [-0.25, -0.2) is 4.79 Å². The van der Waals surface area contributed by atoms with E-state index in [1.165, 1.54) is 0 Å². The maximum Gasteiger partial charge on any atom is 0.312 e. The predicted molar refractivity (Wildman–Crippen MR) is 76.1 cm³/mol. The van der Waals surface area contributed by atoms with Gasteiger partial charge in [-0.1, -0.05) is 12.1 Å². The lowest BCUT2D eigenvalue weighted by Crippen LogP contribution is -2.30. The summed E-state index contributed by atoms with van der Waals surface area (Å²) in [7, 11) is 0. The highest BCUT2D eigenvalue weighted by Crippen LogP contribution is 2.11. The molecule has 0 aromatic heterocycles. The van der Waals surface area contributed by atoms with Gasteiger partial charge in [0.05, 0.1) is 0 Å². The third-order valence-corrected chi connectivity index (χ3v) is 2.83. The molecular weight excluding hydrogens is 266 g/mol. The quantitative estimate of drug-likeness (QED) is 0.529. The molecule has 0 fully saturated rings. The van der Waals surface area contributed by atoms with Crippen molar-refractivity contribution >= 4 is 29.2 Å². The van der Waals surface area contributed by atoms with Gasteiger partial charge >= 0.3 is 6.03 Å². The number of urea groups is 1. The first-order valence-electron chi connectivity index (χ1n) is 6.10. The van der Waals surface area contributed by atoms with Crippen LogP contribution in [0.25, 0.3) is 0 Å². The van der Waals surface area contributed by atoms with E-state index in [2.05, 4.69) is 10.6 Å². The van der Waals surface area contributed by atoms with E-state index in [1.54, 1.807) is 0 Å². The Hall–Kier alpha value is -1.75. The van der Waals surface area contributed by atoms with Crippen molar-refractivity contribution in [1.82, 2.24) is 5.32 Å². The van der Waals surface area contributed by atoms with Crippen molar-refractivity contribution < 1.29 is 9.59 Å². The molecule has 0 bridgehead atoms. The van der Waals surface area contributed by atoms with E-state index < -0.39 is 6.03 Å². The van der Waals surface area contributed by atoms with Crippen LogP contribution in [0.4, 0.5) is 10.5 Å². The summed E-state index contributed by atoms with van der Waals surface area (Å²) in [5.41, 5.74) is 6.69. The average Bonchev–Trinajstić information content (AvgIpc) is 2.39. The van der Waals surface area contributed by atoms with E-state index in [0.29, 0.717) is 25.3 Å².